The highest BCUT2D eigenvalue weighted by molar-refractivity contribution is 6.35. The average Bonchev–Trinajstić information content (AvgIpc) is 2.83. The Hall–Kier alpha value is -2.14. The molecule has 2 heterocycles. The van der Waals surface area contributed by atoms with Crippen LogP contribution in [-0.2, 0) is 0 Å². The average molecular weight is 247 g/mol. The third-order valence-corrected chi connectivity index (χ3v) is 2.81. The molecule has 1 aromatic carbocycles. The quantitative estimate of drug-likeness (QED) is 0.712. The van der Waals surface area contributed by atoms with Gasteiger partial charge in [0.05, 0.1) is 27.8 Å². The van der Waals surface area contributed by atoms with Crippen LogP contribution in [0.1, 0.15) is 0 Å². The lowest BCUT2D eigenvalue weighted by atomic mass is 10.2. The first-order valence-corrected chi connectivity index (χ1v) is 5.30. The van der Waals surface area contributed by atoms with Gasteiger partial charge in [-0.1, -0.05) is 17.7 Å². The van der Waals surface area contributed by atoms with Crippen molar-refractivity contribution in [2.75, 3.05) is 0 Å². The standard InChI is InChI=1S/C11H7ClN4O/c12-8-2-1-3-9-10(8)11(17)16(6-13-9)7-4-14-15-5-7/h1-6H,(H,14,15). The highest BCUT2D eigenvalue weighted by atomic mass is 35.5. The molecule has 0 saturated carbocycles. The molecule has 2 aromatic heterocycles. The summed E-state index contributed by atoms with van der Waals surface area (Å²) in [4.78, 5) is 16.4. The molecule has 0 bridgehead atoms. The van der Waals surface area contributed by atoms with Crippen molar-refractivity contribution in [3.63, 3.8) is 0 Å². The number of fused-ring (bicyclic) bond motifs is 1. The Bertz CT molecular complexity index is 733. The predicted molar refractivity (Wildman–Crippen MR) is 64.5 cm³/mol. The lowest BCUT2D eigenvalue weighted by molar-refractivity contribution is 0.964. The van der Waals surface area contributed by atoms with E-state index in [1.165, 1.54) is 10.9 Å². The molecule has 0 aliphatic rings. The molecule has 0 aliphatic carbocycles. The van der Waals surface area contributed by atoms with E-state index in [-0.39, 0.29) is 5.56 Å². The molecule has 5 nitrogen and oxygen atoms in total. The number of nitrogens with zero attached hydrogens (tertiary/aromatic N) is 3. The van der Waals surface area contributed by atoms with Gasteiger partial charge in [0, 0.05) is 6.20 Å². The Morgan fingerprint density at radius 3 is 3.00 bits per heavy atom. The SMILES string of the molecule is O=c1c2c(Cl)cccc2ncn1-c1cn[nH]c1. The van der Waals surface area contributed by atoms with E-state index in [0.717, 1.165) is 0 Å². The van der Waals surface area contributed by atoms with E-state index in [4.69, 9.17) is 11.6 Å². The lowest BCUT2D eigenvalue weighted by Crippen LogP contribution is -2.18. The molecule has 1 N–H and O–H groups in total. The van der Waals surface area contributed by atoms with Crippen molar-refractivity contribution in [2.24, 2.45) is 0 Å². The van der Waals surface area contributed by atoms with Gasteiger partial charge in [-0.25, -0.2) is 4.98 Å². The van der Waals surface area contributed by atoms with E-state index in [2.05, 4.69) is 15.2 Å². The fourth-order valence-corrected chi connectivity index (χ4v) is 1.93. The summed E-state index contributed by atoms with van der Waals surface area (Å²) in [6.07, 6.45) is 4.63. The summed E-state index contributed by atoms with van der Waals surface area (Å²) in [5, 5.41) is 7.26. The third-order valence-electron chi connectivity index (χ3n) is 2.50. The smallest absolute Gasteiger partial charge is 0.267 e. The molecule has 84 valence electrons. The number of hydrogen-bond acceptors (Lipinski definition) is 3. The number of H-pyrrole nitrogens is 1. The summed E-state index contributed by atoms with van der Waals surface area (Å²) >= 11 is 6.02. The zero-order valence-electron chi connectivity index (χ0n) is 8.59. The first-order valence-electron chi connectivity index (χ1n) is 4.92. The molecule has 0 atom stereocenters. The number of rotatable bonds is 1. The van der Waals surface area contributed by atoms with Crippen LogP contribution < -0.4 is 5.56 Å². The van der Waals surface area contributed by atoms with Gasteiger partial charge in [0.1, 0.15) is 6.33 Å². The Morgan fingerprint density at radius 2 is 2.24 bits per heavy atom. The number of aromatic nitrogens is 4. The van der Waals surface area contributed by atoms with Gasteiger partial charge < -0.3 is 0 Å². The summed E-state index contributed by atoms with van der Waals surface area (Å²) in [5.74, 6) is 0. The van der Waals surface area contributed by atoms with E-state index in [1.807, 2.05) is 0 Å². The molecule has 3 aromatic rings. The highest BCUT2D eigenvalue weighted by Crippen LogP contribution is 2.18. The maximum atomic E-state index is 12.2. The molecule has 0 radical (unpaired) electrons. The van der Waals surface area contributed by atoms with Crippen molar-refractivity contribution in [3.8, 4) is 5.69 Å². The Balaban J connectivity index is 2.41. The summed E-state index contributed by atoms with van der Waals surface area (Å²) < 4.78 is 1.40. The molecule has 17 heavy (non-hydrogen) atoms. The van der Waals surface area contributed by atoms with Crippen molar-refractivity contribution in [1.29, 1.82) is 0 Å². The minimum Gasteiger partial charge on any atom is -0.284 e. The summed E-state index contributed by atoms with van der Waals surface area (Å²) in [7, 11) is 0. The monoisotopic (exact) mass is 246 g/mol. The molecule has 0 unspecified atom stereocenters. The van der Waals surface area contributed by atoms with E-state index in [1.54, 1.807) is 30.6 Å². The zero-order chi connectivity index (χ0) is 11.8. The number of aromatic amines is 1. The number of nitrogens with one attached hydrogen (secondary N) is 1. The van der Waals surface area contributed by atoms with Crippen LogP contribution in [0.5, 0.6) is 0 Å². The predicted octanol–water partition coefficient (Wildman–Crippen LogP) is 1.76. The Morgan fingerprint density at radius 1 is 1.35 bits per heavy atom. The molecule has 3 rings (SSSR count). The topological polar surface area (TPSA) is 63.6 Å². The van der Waals surface area contributed by atoms with Crippen molar-refractivity contribution in [1.82, 2.24) is 19.7 Å². The molecular weight excluding hydrogens is 240 g/mol. The normalized spacial score (nSPS) is 10.9. The fourth-order valence-electron chi connectivity index (χ4n) is 1.68. The first-order chi connectivity index (χ1) is 8.27. The lowest BCUT2D eigenvalue weighted by Gasteiger charge is -2.04. The van der Waals surface area contributed by atoms with Crippen LogP contribution in [0.15, 0.2) is 41.7 Å². The van der Waals surface area contributed by atoms with Crippen LogP contribution >= 0.6 is 11.6 Å². The van der Waals surface area contributed by atoms with E-state index < -0.39 is 0 Å². The van der Waals surface area contributed by atoms with Gasteiger partial charge in [-0.05, 0) is 12.1 Å². The van der Waals surface area contributed by atoms with Crippen LogP contribution in [-0.4, -0.2) is 19.7 Å². The molecule has 6 heteroatoms. The first kappa shape index (κ1) is 10.0. The second kappa shape index (κ2) is 3.71. The second-order valence-corrected chi connectivity index (χ2v) is 3.92. The van der Waals surface area contributed by atoms with Gasteiger partial charge in [-0.15, -0.1) is 0 Å². The van der Waals surface area contributed by atoms with Crippen molar-refractivity contribution in [2.45, 2.75) is 0 Å². The number of hydrogen-bond donors (Lipinski definition) is 1. The summed E-state index contributed by atoms with van der Waals surface area (Å²) in [6.45, 7) is 0. The van der Waals surface area contributed by atoms with E-state index in [9.17, 15) is 4.79 Å². The largest absolute Gasteiger partial charge is 0.284 e. The maximum Gasteiger partial charge on any atom is 0.267 e. The molecule has 0 fully saturated rings. The molecule has 0 aliphatic heterocycles. The van der Waals surface area contributed by atoms with Crippen molar-refractivity contribution in [3.05, 3.63) is 52.3 Å². The van der Waals surface area contributed by atoms with Crippen LogP contribution in [0.25, 0.3) is 16.6 Å². The Kier molecular flexibility index (Phi) is 2.19. The highest BCUT2D eigenvalue weighted by Gasteiger charge is 2.09. The molecule has 0 saturated heterocycles. The van der Waals surface area contributed by atoms with Crippen molar-refractivity contribution < 1.29 is 0 Å². The maximum absolute atomic E-state index is 12.2. The fraction of sp³-hybridized carbons (Fsp3) is 0. The van der Waals surface area contributed by atoms with Crippen molar-refractivity contribution >= 4 is 22.5 Å². The summed E-state index contributed by atoms with van der Waals surface area (Å²) in [6, 6.07) is 5.19. The molecular formula is C11H7ClN4O. The van der Waals surface area contributed by atoms with Crippen LogP contribution in [0, 0.1) is 0 Å². The van der Waals surface area contributed by atoms with Gasteiger partial charge in [0.2, 0.25) is 0 Å². The summed E-state index contributed by atoms with van der Waals surface area (Å²) in [5.41, 5.74) is 1.01. The van der Waals surface area contributed by atoms with Crippen LogP contribution in [0.4, 0.5) is 0 Å². The van der Waals surface area contributed by atoms with Gasteiger partial charge in [-0.2, -0.15) is 5.10 Å². The van der Waals surface area contributed by atoms with Gasteiger partial charge in [0.25, 0.3) is 5.56 Å². The second-order valence-electron chi connectivity index (χ2n) is 3.51. The third kappa shape index (κ3) is 1.52. The Labute approximate surface area is 101 Å². The molecule has 0 spiro atoms. The number of benzene rings is 1. The molecule has 0 amide bonds. The minimum absolute atomic E-state index is 0.206. The van der Waals surface area contributed by atoms with Crippen LogP contribution in [0.2, 0.25) is 5.02 Å². The zero-order valence-corrected chi connectivity index (χ0v) is 9.35. The van der Waals surface area contributed by atoms with Gasteiger partial charge >= 0.3 is 0 Å². The van der Waals surface area contributed by atoms with Gasteiger partial charge in [-0.3, -0.25) is 14.5 Å². The number of halogens is 1. The minimum atomic E-state index is -0.206. The van der Waals surface area contributed by atoms with Gasteiger partial charge in [0.15, 0.2) is 0 Å². The van der Waals surface area contributed by atoms with E-state index in [0.29, 0.717) is 21.6 Å². The van der Waals surface area contributed by atoms with E-state index >= 15 is 0 Å². The van der Waals surface area contributed by atoms with Crippen LogP contribution in [0.3, 0.4) is 0 Å².